The van der Waals surface area contributed by atoms with Gasteiger partial charge in [0.05, 0.1) is 17.8 Å². The largest absolute Gasteiger partial charge is 0.387 e. The Balaban J connectivity index is 2.08. The Labute approximate surface area is 112 Å². The molecule has 1 aromatic carbocycles. The lowest BCUT2D eigenvalue weighted by Crippen LogP contribution is -2.24. The van der Waals surface area contributed by atoms with E-state index >= 15 is 0 Å². The van der Waals surface area contributed by atoms with Crippen molar-refractivity contribution in [3.05, 3.63) is 53.6 Å². The van der Waals surface area contributed by atoms with E-state index in [1.807, 2.05) is 25.1 Å². The standard InChI is InChI=1S/C14H16N4O/c1-10-3-4-12(13(7-10)15-2)14(19)17-8-11-5-6-16-9-18-11/h3-7,9,15H,8H2,1-2H3,(H,17,19). The molecule has 0 spiro atoms. The molecule has 5 heteroatoms. The number of aryl methyl sites for hydroxylation is 1. The summed E-state index contributed by atoms with van der Waals surface area (Å²) in [4.78, 5) is 20.0. The molecule has 0 aliphatic rings. The second-order valence-corrected chi connectivity index (χ2v) is 4.18. The minimum absolute atomic E-state index is 0.122. The fourth-order valence-electron chi connectivity index (χ4n) is 1.75. The number of carbonyl (C=O) groups is 1. The molecule has 0 unspecified atom stereocenters. The third-order valence-electron chi connectivity index (χ3n) is 2.76. The lowest BCUT2D eigenvalue weighted by molar-refractivity contribution is 0.0951. The molecule has 5 nitrogen and oxygen atoms in total. The molecule has 2 rings (SSSR count). The number of anilines is 1. The van der Waals surface area contributed by atoms with Gasteiger partial charge in [-0.2, -0.15) is 0 Å². The molecule has 0 fully saturated rings. The predicted molar refractivity (Wildman–Crippen MR) is 73.9 cm³/mol. The van der Waals surface area contributed by atoms with E-state index in [-0.39, 0.29) is 5.91 Å². The van der Waals surface area contributed by atoms with E-state index in [9.17, 15) is 4.79 Å². The molecule has 0 atom stereocenters. The van der Waals surface area contributed by atoms with Gasteiger partial charge in [-0.15, -0.1) is 0 Å². The summed E-state index contributed by atoms with van der Waals surface area (Å²) >= 11 is 0. The third-order valence-corrected chi connectivity index (χ3v) is 2.76. The number of carbonyl (C=O) groups excluding carboxylic acids is 1. The second-order valence-electron chi connectivity index (χ2n) is 4.18. The Morgan fingerprint density at radius 1 is 1.32 bits per heavy atom. The van der Waals surface area contributed by atoms with Crippen LogP contribution in [0.2, 0.25) is 0 Å². The summed E-state index contributed by atoms with van der Waals surface area (Å²) in [7, 11) is 1.80. The summed E-state index contributed by atoms with van der Waals surface area (Å²) in [5.74, 6) is -0.122. The van der Waals surface area contributed by atoms with Crippen LogP contribution in [0, 0.1) is 6.92 Å². The van der Waals surface area contributed by atoms with Crippen molar-refractivity contribution in [3.63, 3.8) is 0 Å². The maximum Gasteiger partial charge on any atom is 0.253 e. The monoisotopic (exact) mass is 256 g/mol. The first kappa shape index (κ1) is 13.0. The van der Waals surface area contributed by atoms with E-state index in [0.29, 0.717) is 12.1 Å². The number of hydrogen-bond acceptors (Lipinski definition) is 4. The number of nitrogens with zero attached hydrogens (tertiary/aromatic N) is 2. The highest BCUT2D eigenvalue weighted by molar-refractivity contribution is 5.99. The molecule has 0 saturated heterocycles. The average molecular weight is 256 g/mol. The third kappa shape index (κ3) is 3.28. The molecule has 0 saturated carbocycles. The van der Waals surface area contributed by atoms with Gasteiger partial charge < -0.3 is 10.6 Å². The van der Waals surface area contributed by atoms with Gasteiger partial charge >= 0.3 is 0 Å². The first-order valence-electron chi connectivity index (χ1n) is 6.02. The molecule has 0 aliphatic heterocycles. The van der Waals surface area contributed by atoms with E-state index in [1.54, 1.807) is 19.3 Å². The molecule has 0 bridgehead atoms. The van der Waals surface area contributed by atoms with Gasteiger partial charge in [-0.05, 0) is 30.7 Å². The van der Waals surface area contributed by atoms with E-state index in [1.165, 1.54) is 6.33 Å². The van der Waals surface area contributed by atoms with Crippen LogP contribution >= 0.6 is 0 Å². The van der Waals surface area contributed by atoms with Crippen molar-refractivity contribution in [1.82, 2.24) is 15.3 Å². The summed E-state index contributed by atoms with van der Waals surface area (Å²) in [5, 5.41) is 5.87. The molecular formula is C14H16N4O. The Kier molecular flexibility index (Phi) is 4.07. The second kappa shape index (κ2) is 5.95. The van der Waals surface area contributed by atoms with E-state index in [0.717, 1.165) is 16.9 Å². The molecule has 0 aliphatic carbocycles. The van der Waals surface area contributed by atoms with Crippen molar-refractivity contribution in [3.8, 4) is 0 Å². The Hall–Kier alpha value is -2.43. The fourth-order valence-corrected chi connectivity index (χ4v) is 1.75. The summed E-state index contributed by atoms with van der Waals surface area (Å²) in [6.07, 6.45) is 3.12. The average Bonchev–Trinajstić information content (AvgIpc) is 2.45. The van der Waals surface area contributed by atoms with Crippen LogP contribution in [0.15, 0.2) is 36.8 Å². The molecule has 1 amide bonds. The zero-order valence-electron chi connectivity index (χ0n) is 11.0. The van der Waals surface area contributed by atoms with Crippen molar-refractivity contribution in [2.75, 3.05) is 12.4 Å². The van der Waals surface area contributed by atoms with Crippen LogP contribution in [0.5, 0.6) is 0 Å². The number of benzene rings is 1. The lowest BCUT2D eigenvalue weighted by Gasteiger charge is -2.10. The highest BCUT2D eigenvalue weighted by atomic mass is 16.1. The van der Waals surface area contributed by atoms with Crippen molar-refractivity contribution in [1.29, 1.82) is 0 Å². The molecule has 2 aromatic rings. The lowest BCUT2D eigenvalue weighted by atomic mass is 10.1. The molecular weight excluding hydrogens is 240 g/mol. The summed E-state index contributed by atoms with van der Waals surface area (Å²) < 4.78 is 0. The van der Waals surface area contributed by atoms with Crippen LogP contribution in [0.1, 0.15) is 21.6 Å². The van der Waals surface area contributed by atoms with Gasteiger partial charge in [0, 0.05) is 18.9 Å². The smallest absolute Gasteiger partial charge is 0.253 e. The molecule has 98 valence electrons. The predicted octanol–water partition coefficient (Wildman–Crippen LogP) is 1.76. The number of aromatic nitrogens is 2. The van der Waals surface area contributed by atoms with Crippen molar-refractivity contribution < 1.29 is 4.79 Å². The van der Waals surface area contributed by atoms with Gasteiger partial charge in [0.2, 0.25) is 0 Å². The van der Waals surface area contributed by atoms with Crippen molar-refractivity contribution >= 4 is 11.6 Å². The summed E-state index contributed by atoms with van der Waals surface area (Å²) in [6, 6.07) is 7.45. The van der Waals surface area contributed by atoms with E-state index < -0.39 is 0 Å². The van der Waals surface area contributed by atoms with Crippen LogP contribution in [0.25, 0.3) is 0 Å². The Morgan fingerprint density at radius 2 is 2.16 bits per heavy atom. The number of nitrogens with one attached hydrogen (secondary N) is 2. The highest BCUT2D eigenvalue weighted by Crippen LogP contribution is 2.16. The first-order chi connectivity index (χ1) is 9.20. The van der Waals surface area contributed by atoms with Gasteiger partial charge in [0.15, 0.2) is 0 Å². The molecule has 19 heavy (non-hydrogen) atoms. The van der Waals surface area contributed by atoms with Crippen molar-refractivity contribution in [2.45, 2.75) is 13.5 Å². The quantitative estimate of drug-likeness (QED) is 0.874. The van der Waals surface area contributed by atoms with Crippen LogP contribution in [-0.2, 0) is 6.54 Å². The van der Waals surface area contributed by atoms with Gasteiger partial charge in [0.25, 0.3) is 5.91 Å². The van der Waals surface area contributed by atoms with Gasteiger partial charge in [-0.25, -0.2) is 9.97 Å². The van der Waals surface area contributed by atoms with E-state index in [2.05, 4.69) is 20.6 Å². The van der Waals surface area contributed by atoms with Crippen LogP contribution in [0.3, 0.4) is 0 Å². The fraction of sp³-hybridized carbons (Fsp3) is 0.214. The maximum absolute atomic E-state index is 12.1. The minimum atomic E-state index is -0.122. The van der Waals surface area contributed by atoms with E-state index in [4.69, 9.17) is 0 Å². The topological polar surface area (TPSA) is 66.9 Å². The van der Waals surface area contributed by atoms with Gasteiger partial charge in [-0.3, -0.25) is 4.79 Å². The number of hydrogen-bond donors (Lipinski definition) is 2. The number of rotatable bonds is 4. The molecule has 2 N–H and O–H groups in total. The van der Waals surface area contributed by atoms with Gasteiger partial charge in [0.1, 0.15) is 6.33 Å². The highest BCUT2D eigenvalue weighted by Gasteiger charge is 2.10. The first-order valence-corrected chi connectivity index (χ1v) is 6.02. The van der Waals surface area contributed by atoms with Crippen LogP contribution in [-0.4, -0.2) is 22.9 Å². The summed E-state index contributed by atoms with van der Waals surface area (Å²) in [5.41, 5.74) is 3.33. The zero-order valence-corrected chi connectivity index (χ0v) is 11.0. The normalized spacial score (nSPS) is 10.0. The molecule has 0 radical (unpaired) electrons. The minimum Gasteiger partial charge on any atom is -0.387 e. The Bertz CT molecular complexity index is 569. The summed E-state index contributed by atoms with van der Waals surface area (Å²) in [6.45, 7) is 2.38. The van der Waals surface area contributed by atoms with Crippen LogP contribution < -0.4 is 10.6 Å². The zero-order chi connectivity index (χ0) is 13.7. The molecule has 1 aromatic heterocycles. The SMILES string of the molecule is CNc1cc(C)ccc1C(=O)NCc1ccncn1. The molecule has 1 heterocycles. The Morgan fingerprint density at radius 3 is 2.84 bits per heavy atom. The van der Waals surface area contributed by atoms with Gasteiger partial charge in [-0.1, -0.05) is 6.07 Å². The van der Waals surface area contributed by atoms with Crippen LogP contribution in [0.4, 0.5) is 5.69 Å². The van der Waals surface area contributed by atoms with Crippen molar-refractivity contribution in [2.24, 2.45) is 0 Å². The maximum atomic E-state index is 12.1. The number of amides is 1.